The van der Waals surface area contributed by atoms with Crippen LogP contribution in [0, 0.1) is 30.1 Å². The number of piperidine rings is 1. The van der Waals surface area contributed by atoms with Crippen LogP contribution in [0.4, 0.5) is 0 Å². The van der Waals surface area contributed by atoms with Crippen molar-refractivity contribution < 1.29 is 20.1 Å². The summed E-state index contributed by atoms with van der Waals surface area (Å²) in [6, 6.07) is 3.80. The second-order valence-corrected chi connectivity index (χ2v) is 12.6. The van der Waals surface area contributed by atoms with Gasteiger partial charge >= 0.3 is 0 Å². The van der Waals surface area contributed by atoms with E-state index in [0.717, 1.165) is 49.9 Å². The predicted molar refractivity (Wildman–Crippen MR) is 150 cm³/mol. The minimum atomic E-state index is -0.908. The number of phenols is 2. The van der Waals surface area contributed by atoms with E-state index in [2.05, 4.69) is 46.4 Å². The molecule has 2 fully saturated rings. The van der Waals surface area contributed by atoms with Gasteiger partial charge in [-0.15, -0.1) is 0 Å². The number of aliphatic hydroxyl groups is 1. The normalized spacial score (nSPS) is 31.6. The molecule has 3 N–H and O–H groups in total. The molecule has 1 aromatic carbocycles. The van der Waals surface area contributed by atoms with Crippen LogP contribution in [-0.4, -0.2) is 58.2 Å². The fraction of sp³-hybridized carbons (Fsp3) is 0.806. The third-order valence-electron chi connectivity index (χ3n) is 9.88. The number of phenolic OH excluding ortho intramolecular Hbond substituents is 2. The first-order valence-electron chi connectivity index (χ1n) is 14.2. The van der Waals surface area contributed by atoms with Gasteiger partial charge in [-0.3, -0.25) is 0 Å². The first-order valence-corrected chi connectivity index (χ1v) is 14.2. The van der Waals surface area contributed by atoms with Crippen LogP contribution in [0.25, 0.3) is 0 Å². The summed E-state index contributed by atoms with van der Waals surface area (Å²) in [6.07, 6.45) is 3.46. The lowest BCUT2D eigenvalue weighted by Crippen LogP contribution is -2.64. The minimum Gasteiger partial charge on any atom is -0.504 e. The van der Waals surface area contributed by atoms with Crippen LogP contribution in [0.2, 0.25) is 0 Å². The van der Waals surface area contributed by atoms with Crippen LogP contribution in [0.1, 0.15) is 99.1 Å². The Morgan fingerprint density at radius 3 is 2.31 bits per heavy atom. The van der Waals surface area contributed by atoms with E-state index < -0.39 is 5.60 Å². The zero-order valence-corrected chi connectivity index (χ0v) is 25.0. The summed E-state index contributed by atoms with van der Waals surface area (Å²) in [5.74, 6) is 0.780. The van der Waals surface area contributed by atoms with E-state index in [0.29, 0.717) is 12.0 Å². The molecule has 0 bridgehead atoms. The van der Waals surface area contributed by atoms with Crippen LogP contribution in [0.15, 0.2) is 12.1 Å². The van der Waals surface area contributed by atoms with Gasteiger partial charge in [0.15, 0.2) is 11.5 Å². The largest absolute Gasteiger partial charge is 0.504 e. The minimum absolute atomic E-state index is 0.0171. The van der Waals surface area contributed by atoms with Gasteiger partial charge in [-0.05, 0) is 75.5 Å². The Labute approximate surface area is 221 Å². The maximum absolute atomic E-state index is 11.8. The Hall–Kier alpha value is -1.30. The number of fused-ring (bicyclic) bond motifs is 1. The van der Waals surface area contributed by atoms with Crippen LogP contribution < -0.4 is 0 Å². The van der Waals surface area contributed by atoms with Gasteiger partial charge in [0.25, 0.3) is 0 Å². The SMILES string of the molecule is CC.CCC(C)CN1CCC2(c3c(C)ccc(O)c3O)CC(OC)C([C@@](C)(O)C(C)(C)C)CC2C1C. The number of hydrogen-bond acceptors (Lipinski definition) is 5. The number of benzene rings is 1. The summed E-state index contributed by atoms with van der Waals surface area (Å²) in [6.45, 7) is 23.2. The van der Waals surface area contributed by atoms with Crippen molar-refractivity contribution >= 4 is 0 Å². The lowest BCUT2D eigenvalue weighted by molar-refractivity contribution is -0.175. The highest BCUT2D eigenvalue weighted by molar-refractivity contribution is 5.53. The quantitative estimate of drug-likeness (QED) is 0.378. The van der Waals surface area contributed by atoms with Crippen LogP contribution in [0.5, 0.6) is 11.5 Å². The number of likely N-dealkylation sites (tertiary alicyclic amines) is 1. The molecule has 5 nitrogen and oxygen atoms in total. The fourth-order valence-corrected chi connectivity index (χ4v) is 6.96. The highest BCUT2D eigenvalue weighted by Gasteiger charge is 2.59. The number of methoxy groups -OCH3 is 1. The maximum Gasteiger partial charge on any atom is 0.161 e. The summed E-state index contributed by atoms with van der Waals surface area (Å²) < 4.78 is 6.12. The van der Waals surface area contributed by atoms with Gasteiger partial charge in [0.1, 0.15) is 0 Å². The van der Waals surface area contributed by atoms with Gasteiger partial charge in [0.2, 0.25) is 0 Å². The predicted octanol–water partition coefficient (Wildman–Crippen LogP) is 6.65. The van der Waals surface area contributed by atoms with Gasteiger partial charge in [0, 0.05) is 36.6 Å². The third kappa shape index (κ3) is 5.44. The summed E-state index contributed by atoms with van der Waals surface area (Å²) in [5.41, 5.74) is 0.367. The van der Waals surface area contributed by atoms with Gasteiger partial charge in [-0.25, -0.2) is 0 Å². The van der Waals surface area contributed by atoms with E-state index >= 15 is 0 Å². The molecule has 3 rings (SSSR count). The zero-order chi connectivity index (χ0) is 27.6. The van der Waals surface area contributed by atoms with Crippen molar-refractivity contribution in [1.82, 2.24) is 4.90 Å². The van der Waals surface area contributed by atoms with E-state index in [1.165, 1.54) is 0 Å². The first kappa shape index (κ1) is 30.9. The highest BCUT2D eigenvalue weighted by atomic mass is 16.5. The van der Waals surface area contributed by atoms with Crippen molar-refractivity contribution in [2.24, 2.45) is 23.2 Å². The Bertz CT molecular complexity index is 861. The van der Waals surface area contributed by atoms with E-state index in [4.69, 9.17) is 4.74 Å². The Morgan fingerprint density at radius 1 is 1.17 bits per heavy atom. The molecule has 1 aliphatic heterocycles. The first-order chi connectivity index (χ1) is 16.7. The molecule has 5 heteroatoms. The molecule has 208 valence electrons. The van der Waals surface area contributed by atoms with Gasteiger partial charge in [-0.2, -0.15) is 0 Å². The molecule has 0 spiro atoms. The Kier molecular flexibility index (Phi) is 9.98. The maximum atomic E-state index is 11.8. The van der Waals surface area contributed by atoms with E-state index in [1.54, 1.807) is 13.2 Å². The highest BCUT2D eigenvalue weighted by Crippen LogP contribution is 2.59. The number of aromatic hydroxyl groups is 2. The number of nitrogens with zero attached hydrogens (tertiary/aromatic N) is 1. The van der Waals surface area contributed by atoms with Gasteiger partial charge in [0.05, 0.1) is 11.7 Å². The van der Waals surface area contributed by atoms with Crippen molar-refractivity contribution in [1.29, 1.82) is 0 Å². The van der Waals surface area contributed by atoms with Crippen molar-refractivity contribution in [3.63, 3.8) is 0 Å². The number of rotatable bonds is 6. The third-order valence-corrected chi connectivity index (χ3v) is 9.88. The molecular formula is C31H55NO4. The topological polar surface area (TPSA) is 73.2 Å². The van der Waals surface area contributed by atoms with Crippen molar-refractivity contribution in [2.75, 3.05) is 20.2 Å². The summed E-state index contributed by atoms with van der Waals surface area (Å²) in [7, 11) is 1.75. The Morgan fingerprint density at radius 2 is 1.78 bits per heavy atom. The molecular weight excluding hydrogens is 450 g/mol. The second kappa shape index (κ2) is 11.6. The molecule has 1 aliphatic carbocycles. The van der Waals surface area contributed by atoms with Gasteiger partial charge in [-0.1, -0.05) is 61.0 Å². The van der Waals surface area contributed by atoms with Crippen molar-refractivity contribution in [2.45, 2.75) is 118 Å². The molecule has 0 radical (unpaired) electrons. The monoisotopic (exact) mass is 505 g/mol. The van der Waals surface area contributed by atoms with E-state index in [9.17, 15) is 15.3 Å². The molecule has 6 unspecified atom stereocenters. The van der Waals surface area contributed by atoms with E-state index in [-0.39, 0.29) is 40.3 Å². The van der Waals surface area contributed by atoms with Crippen molar-refractivity contribution in [3.8, 4) is 11.5 Å². The average molecular weight is 506 g/mol. The molecule has 0 amide bonds. The molecule has 7 atom stereocenters. The fourth-order valence-electron chi connectivity index (χ4n) is 6.96. The summed E-state index contributed by atoms with van der Waals surface area (Å²) >= 11 is 0. The Balaban J connectivity index is 0.00000222. The van der Waals surface area contributed by atoms with E-state index in [1.807, 2.05) is 33.8 Å². The lowest BCUT2D eigenvalue weighted by atomic mass is 9.50. The number of hydrogen-bond donors (Lipinski definition) is 3. The number of ether oxygens (including phenoxy) is 1. The van der Waals surface area contributed by atoms with Crippen LogP contribution in [0.3, 0.4) is 0 Å². The van der Waals surface area contributed by atoms with Gasteiger partial charge < -0.3 is 25.0 Å². The second-order valence-electron chi connectivity index (χ2n) is 12.6. The molecule has 1 saturated carbocycles. The molecule has 36 heavy (non-hydrogen) atoms. The van der Waals surface area contributed by atoms with Crippen LogP contribution >= 0.6 is 0 Å². The lowest BCUT2D eigenvalue weighted by Gasteiger charge is -2.61. The molecule has 2 aliphatic rings. The van der Waals surface area contributed by atoms with Crippen LogP contribution in [-0.2, 0) is 10.2 Å². The number of aryl methyl sites for hydroxylation is 1. The van der Waals surface area contributed by atoms with Crippen molar-refractivity contribution in [3.05, 3.63) is 23.3 Å². The molecule has 1 aromatic rings. The molecule has 0 aromatic heterocycles. The molecule has 1 heterocycles. The average Bonchev–Trinajstić information content (AvgIpc) is 2.83. The molecule has 1 saturated heterocycles. The summed E-state index contributed by atoms with van der Waals surface area (Å²) in [5, 5.41) is 33.5. The standard InChI is InChI=1S/C29H49NO4.C2H6/c1-10-18(2)17-30-14-13-29(25-19(3)11-12-23(31)26(25)32)16-24(34-9)22(15-21(29)20(30)4)28(8,33)27(5,6)7;1-2/h11-12,18,20-22,24,31-33H,10,13-17H2,1-9H3;1-2H3/t18?,20?,21?,22?,24?,28-,29?;/m1./s1. The zero-order valence-electron chi connectivity index (χ0n) is 25.0. The summed E-state index contributed by atoms with van der Waals surface area (Å²) in [4.78, 5) is 2.61. The smallest absolute Gasteiger partial charge is 0.161 e.